The van der Waals surface area contributed by atoms with Crippen LogP contribution in [0.2, 0.25) is 0 Å². The van der Waals surface area contributed by atoms with E-state index in [2.05, 4.69) is 51.0 Å². The summed E-state index contributed by atoms with van der Waals surface area (Å²) >= 11 is 0. The first-order valence-corrected chi connectivity index (χ1v) is 9.82. The molecule has 2 aromatic rings. The Morgan fingerprint density at radius 1 is 1.00 bits per heavy atom. The molecule has 144 valence electrons. The topological polar surface area (TPSA) is 52.6 Å². The van der Waals surface area contributed by atoms with Gasteiger partial charge in [0.1, 0.15) is 0 Å². The summed E-state index contributed by atoms with van der Waals surface area (Å²) in [4.78, 5) is 27.7. The maximum atomic E-state index is 12.7. The maximum Gasteiger partial charge on any atom is 0.225 e. The van der Waals surface area contributed by atoms with Gasteiger partial charge in [-0.15, -0.1) is 0 Å². The standard InChI is InChI=1S/C21H29N5O/c1-2-12-24(18-19-7-4-3-5-8-19)13-9-20(27)25-14-16-26(17-15-25)21-22-10-6-11-23-21/h3-8,10-11H,2,9,12-18H2,1H3. The second-order valence-corrected chi connectivity index (χ2v) is 6.93. The first-order chi connectivity index (χ1) is 13.3. The molecule has 0 radical (unpaired) electrons. The first-order valence-electron chi connectivity index (χ1n) is 9.82. The minimum atomic E-state index is 0.248. The minimum Gasteiger partial charge on any atom is -0.339 e. The predicted octanol–water partition coefficient (Wildman–Crippen LogP) is 2.43. The molecule has 1 aliphatic heterocycles. The molecule has 0 bridgehead atoms. The van der Waals surface area contributed by atoms with Crippen molar-refractivity contribution in [2.75, 3.05) is 44.2 Å². The van der Waals surface area contributed by atoms with E-state index in [0.29, 0.717) is 6.42 Å². The van der Waals surface area contributed by atoms with Crippen molar-refractivity contribution in [1.82, 2.24) is 19.8 Å². The molecule has 1 aromatic heterocycles. The minimum absolute atomic E-state index is 0.248. The van der Waals surface area contributed by atoms with Gasteiger partial charge < -0.3 is 9.80 Å². The van der Waals surface area contributed by atoms with Crippen LogP contribution < -0.4 is 4.90 Å². The molecule has 0 aliphatic carbocycles. The van der Waals surface area contributed by atoms with Gasteiger partial charge in [0.05, 0.1) is 0 Å². The monoisotopic (exact) mass is 367 g/mol. The molecule has 0 saturated carbocycles. The van der Waals surface area contributed by atoms with E-state index in [9.17, 15) is 4.79 Å². The lowest BCUT2D eigenvalue weighted by atomic mass is 10.2. The number of benzene rings is 1. The van der Waals surface area contributed by atoms with Gasteiger partial charge in [0.15, 0.2) is 0 Å². The van der Waals surface area contributed by atoms with Crippen LogP contribution in [0.25, 0.3) is 0 Å². The average molecular weight is 367 g/mol. The second kappa shape index (κ2) is 10.0. The molecule has 1 aliphatic rings. The third-order valence-electron chi connectivity index (χ3n) is 4.90. The summed E-state index contributed by atoms with van der Waals surface area (Å²) in [5.74, 6) is 0.999. The van der Waals surface area contributed by atoms with Gasteiger partial charge in [-0.2, -0.15) is 0 Å². The Morgan fingerprint density at radius 3 is 2.37 bits per heavy atom. The van der Waals surface area contributed by atoms with Gasteiger partial charge >= 0.3 is 0 Å². The van der Waals surface area contributed by atoms with Crippen molar-refractivity contribution in [2.45, 2.75) is 26.3 Å². The van der Waals surface area contributed by atoms with E-state index < -0.39 is 0 Å². The Kier molecular flexibility index (Phi) is 7.16. The number of carbonyl (C=O) groups is 1. The van der Waals surface area contributed by atoms with E-state index in [-0.39, 0.29) is 5.91 Å². The number of hydrogen-bond donors (Lipinski definition) is 0. The molecule has 1 amide bonds. The van der Waals surface area contributed by atoms with Crippen molar-refractivity contribution in [3.63, 3.8) is 0 Å². The van der Waals surface area contributed by atoms with Gasteiger partial charge in [-0.05, 0) is 24.6 Å². The van der Waals surface area contributed by atoms with Crippen LogP contribution in [0.1, 0.15) is 25.3 Å². The van der Waals surface area contributed by atoms with Crippen molar-refractivity contribution in [2.24, 2.45) is 0 Å². The fourth-order valence-electron chi connectivity index (χ4n) is 3.45. The smallest absolute Gasteiger partial charge is 0.225 e. The molecule has 1 aromatic carbocycles. The average Bonchev–Trinajstić information content (AvgIpc) is 2.73. The van der Waals surface area contributed by atoms with Crippen LogP contribution >= 0.6 is 0 Å². The van der Waals surface area contributed by atoms with Crippen LogP contribution in [0.15, 0.2) is 48.8 Å². The Balaban J connectivity index is 1.45. The molecular formula is C21H29N5O. The third kappa shape index (κ3) is 5.76. The number of piperazine rings is 1. The van der Waals surface area contributed by atoms with Gasteiger partial charge in [-0.1, -0.05) is 37.3 Å². The van der Waals surface area contributed by atoms with Crippen LogP contribution in [0.3, 0.4) is 0 Å². The normalized spacial score (nSPS) is 14.6. The molecular weight excluding hydrogens is 338 g/mol. The lowest BCUT2D eigenvalue weighted by molar-refractivity contribution is -0.131. The zero-order valence-corrected chi connectivity index (χ0v) is 16.1. The Morgan fingerprint density at radius 2 is 1.70 bits per heavy atom. The number of nitrogens with zero attached hydrogens (tertiary/aromatic N) is 5. The van der Waals surface area contributed by atoms with Crippen molar-refractivity contribution in [1.29, 1.82) is 0 Å². The Labute approximate surface area is 161 Å². The van der Waals surface area contributed by atoms with Crippen molar-refractivity contribution < 1.29 is 4.79 Å². The molecule has 0 N–H and O–H groups in total. The molecule has 1 fully saturated rings. The van der Waals surface area contributed by atoms with Crippen LogP contribution in [-0.4, -0.2) is 64.9 Å². The summed E-state index contributed by atoms with van der Waals surface area (Å²) in [6.07, 6.45) is 5.19. The van der Waals surface area contributed by atoms with Crippen molar-refractivity contribution in [3.05, 3.63) is 54.4 Å². The number of carbonyl (C=O) groups excluding carboxylic acids is 1. The molecule has 27 heavy (non-hydrogen) atoms. The lowest BCUT2D eigenvalue weighted by Crippen LogP contribution is -2.49. The molecule has 0 atom stereocenters. The summed E-state index contributed by atoms with van der Waals surface area (Å²) < 4.78 is 0. The van der Waals surface area contributed by atoms with Gasteiger partial charge in [0, 0.05) is 58.1 Å². The molecule has 6 heteroatoms. The van der Waals surface area contributed by atoms with Crippen LogP contribution in [0, 0.1) is 0 Å². The maximum absolute atomic E-state index is 12.7. The van der Waals surface area contributed by atoms with Gasteiger partial charge in [0.25, 0.3) is 0 Å². The molecule has 0 spiro atoms. The number of anilines is 1. The van der Waals surface area contributed by atoms with Crippen molar-refractivity contribution >= 4 is 11.9 Å². The predicted molar refractivity (Wildman–Crippen MR) is 107 cm³/mol. The highest BCUT2D eigenvalue weighted by Gasteiger charge is 2.22. The SMILES string of the molecule is CCCN(CCC(=O)N1CCN(c2ncccn2)CC1)Cc1ccccc1. The van der Waals surface area contributed by atoms with Gasteiger partial charge in [-0.25, -0.2) is 9.97 Å². The Bertz CT molecular complexity index is 686. The van der Waals surface area contributed by atoms with E-state index in [1.807, 2.05) is 17.0 Å². The molecule has 3 rings (SSSR count). The number of aromatic nitrogens is 2. The zero-order chi connectivity index (χ0) is 18.9. The summed E-state index contributed by atoms with van der Waals surface area (Å²) in [5.41, 5.74) is 1.30. The summed E-state index contributed by atoms with van der Waals surface area (Å²) in [7, 11) is 0. The zero-order valence-electron chi connectivity index (χ0n) is 16.1. The highest BCUT2D eigenvalue weighted by Crippen LogP contribution is 2.11. The van der Waals surface area contributed by atoms with Gasteiger partial charge in [-0.3, -0.25) is 9.69 Å². The molecule has 6 nitrogen and oxygen atoms in total. The number of rotatable bonds is 8. The summed E-state index contributed by atoms with van der Waals surface area (Å²) in [5, 5.41) is 0. The molecule has 0 unspecified atom stereocenters. The van der Waals surface area contributed by atoms with Gasteiger partial charge in [0.2, 0.25) is 11.9 Å². The fourth-order valence-corrected chi connectivity index (χ4v) is 3.45. The lowest BCUT2D eigenvalue weighted by Gasteiger charge is -2.35. The second-order valence-electron chi connectivity index (χ2n) is 6.93. The summed E-state index contributed by atoms with van der Waals surface area (Å²) in [6.45, 7) is 7.97. The molecule has 2 heterocycles. The largest absolute Gasteiger partial charge is 0.339 e. The van der Waals surface area contributed by atoms with E-state index in [4.69, 9.17) is 0 Å². The van der Waals surface area contributed by atoms with E-state index in [0.717, 1.165) is 58.2 Å². The molecule has 1 saturated heterocycles. The van der Waals surface area contributed by atoms with Crippen LogP contribution in [0.4, 0.5) is 5.95 Å². The summed E-state index contributed by atoms with van der Waals surface area (Å²) in [6, 6.07) is 12.3. The third-order valence-corrected chi connectivity index (χ3v) is 4.90. The van der Waals surface area contributed by atoms with Crippen LogP contribution in [-0.2, 0) is 11.3 Å². The van der Waals surface area contributed by atoms with E-state index >= 15 is 0 Å². The van der Waals surface area contributed by atoms with E-state index in [1.54, 1.807) is 12.4 Å². The number of hydrogen-bond acceptors (Lipinski definition) is 5. The highest BCUT2D eigenvalue weighted by atomic mass is 16.2. The first kappa shape index (κ1) is 19.3. The highest BCUT2D eigenvalue weighted by molar-refractivity contribution is 5.76. The fraction of sp³-hybridized carbons (Fsp3) is 0.476. The number of amides is 1. The van der Waals surface area contributed by atoms with Crippen molar-refractivity contribution in [3.8, 4) is 0 Å². The van der Waals surface area contributed by atoms with Crippen LogP contribution in [0.5, 0.6) is 0 Å². The Hall–Kier alpha value is -2.47. The quantitative estimate of drug-likeness (QED) is 0.717. The van der Waals surface area contributed by atoms with E-state index in [1.165, 1.54) is 5.56 Å².